The van der Waals surface area contributed by atoms with E-state index in [0.717, 1.165) is 11.3 Å². The SMILES string of the molecule is Cc1cccc(N(C)C(=O)[C@H](N)C(C)C)c1. The summed E-state index contributed by atoms with van der Waals surface area (Å²) in [6, 6.07) is 7.40. The summed E-state index contributed by atoms with van der Waals surface area (Å²) in [5, 5.41) is 0. The Bertz CT molecular complexity index is 374. The quantitative estimate of drug-likeness (QED) is 0.846. The van der Waals surface area contributed by atoms with E-state index in [0.29, 0.717) is 0 Å². The van der Waals surface area contributed by atoms with Crippen molar-refractivity contribution in [3.63, 3.8) is 0 Å². The van der Waals surface area contributed by atoms with E-state index < -0.39 is 6.04 Å². The van der Waals surface area contributed by atoms with Gasteiger partial charge in [-0.25, -0.2) is 0 Å². The molecule has 3 nitrogen and oxygen atoms in total. The van der Waals surface area contributed by atoms with Crippen LogP contribution in [0.15, 0.2) is 24.3 Å². The number of aryl methyl sites for hydroxylation is 1. The van der Waals surface area contributed by atoms with Gasteiger partial charge in [-0.3, -0.25) is 4.79 Å². The monoisotopic (exact) mass is 220 g/mol. The van der Waals surface area contributed by atoms with Crippen molar-refractivity contribution in [2.45, 2.75) is 26.8 Å². The van der Waals surface area contributed by atoms with Crippen molar-refractivity contribution >= 4 is 11.6 Å². The lowest BCUT2D eigenvalue weighted by molar-refractivity contribution is -0.120. The van der Waals surface area contributed by atoms with Gasteiger partial charge in [0.15, 0.2) is 0 Å². The number of hydrogen-bond donors (Lipinski definition) is 1. The zero-order valence-corrected chi connectivity index (χ0v) is 10.4. The summed E-state index contributed by atoms with van der Waals surface area (Å²) in [6.45, 7) is 5.91. The number of amides is 1. The molecule has 0 aliphatic heterocycles. The van der Waals surface area contributed by atoms with E-state index in [1.807, 2.05) is 45.0 Å². The van der Waals surface area contributed by atoms with E-state index in [1.165, 1.54) is 0 Å². The molecule has 1 aromatic carbocycles. The van der Waals surface area contributed by atoms with E-state index in [4.69, 9.17) is 5.73 Å². The van der Waals surface area contributed by atoms with Gasteiger partial charge in [0.2, 0.25) is 5.91 Å². The summed E-state index contributed by atoms with van der Waals surface area (Å²) >= 11 is 0. The highest BCUT2D eigenvalue weighted by Crippen LogP contribution is 2.16. The molecule has 0 fully saturated rings. The third-order valence-corrected chi connectivity index (χ3v) is 2.72. The molecule has 1 atom stereocenters. The van der Waals surface area contributed by atoms with Gasteiger partial charge in [-0.15, -0.1) is 0 Å². The molecule has 1 aromatic rings. The average Bonchev–Trinajstić information content (AvgIpc) is 2.26. The van der Waals surface area contributed by atoms with Crippen LogP contribution in [-0.4, -0.2) is 19.0 Å². The maximum Gasteiger partial charge on any atom is 0.243 e. The first-order chi connectivity index (χ1) is 7.43. The summed E-state index contributed by atoms with van der Waals surface area (Å²) in [7, 11) is 1.76. The van der Waals surface area contributed by atoms with Crippen LogP contribution in [-0.2, 0) is 4.79 Å². The molecule has 2 N–H and O–H groups in total. The van der Waals surface area contributed by atoms with Crippen LogP contribution in [0.5, 0.6) is 0 Å². The molecule has 0 aliphatic rings. The fraction of sp³-hybridized carbons (Fsp3) is 0.462. The number of nitrogens with zero attached hydrogens (tertiary/aromatic N) is 1. The summed E-state index contributed by atoms with van der Waals surface area (Å²) in [5.41, 5.74) is 7.87. The Hall–Kier alpha value is -1.35. The minimum Gasteiger partial charge on any atom is -0.320 e. The lowest BCUT2D eigenvalue weighted by atomic mass is 10.0. The molecule has 0 heterocycles. The van der Waals surface area contributed by atoms with Gasteiger partial charge in [0.1, 0.15) is 0 Å². The topological polar surface area (TPSA) is 46.3 Å². The maximum atomic E-state index is 12.0. The van der Waals surface area contributed by atoms with Crippen molar-refractivity contribution < 1.29 is 4.79 Å². The molecule has 1 amide bonds. The number of benzene rings is 1. The zero-order valence-electron chi connectivity index (χ0n) is 10.4. The Labute approximate surface area is 97.2 Å². The predicted molar refractivity (Wildman–Crippen MR) is 67.4 cm³/mol. The number of carbonyl (C=O) groups excluding carboxylic acids is 1. The van der Waals surface area contributed by atoms with Crippen LogP contribution in [0.1, 0.15) is 19.4 Å². The molecule has 0 bridgehead atoms. The van der Waals surface area contributed by atoms with Gasteiger partial charge in [0.05, 0.1) is 6.04 Å². The number of rotatable bonds is 3. The number of likely N-dealkylation sites (N-methyl/N-ethyl adjacent to an activating group) is 1. The van der Waals surface area contributed by atoms with Gasteiger partial charge in [-0.1, -0.05) is 26.0 Å². The molecule has 0 radical (unpaired) electrons. The van der Waals surface area contributed by atoms with E-state index in [1.54, 1.807) is 11.9 Å². The largest absolute Gasteiger partial charge is 0.320 e. The van der Waals surface area contributed by atoms with Gasteiger partial charge < -0.3 is 10.6 Å². The summed E-state index contributed by atoms with van der Waals surface area (Å²) in [6.07, 6.45) is 0. The van der Waals surface area contributed by atoms with Gasteiger partial charge >= 0.3 is 0 Å². The highest BCUT2D eigenvalue weighted by atomic mass is 16.2. The Morgan fingerprint density at radius 2 is 2.00 bits per heavy atom. The van der Waals surface area contributed by atoms with E-state index in [9.17, 15) is 4.79 Å². The second-order valence-corrected chi connectivity index (χ2v) is 4.51. The molecule has 3 heteroatoms. The van der Waals surface area contributed by atoms with Crippen LogP contribution in [0.4, 0.5) is 5.69 Å². The van der Waals surface area contributed by atoms with Crippen molar-refractivity contribution in [1.82, 2.24) is 0 Å². The van der Waals surface area contributed by atoms with E-state index >= 15 is 0 Å². The molecule has 0 spiro atoms. The zero-order chi connectivity index (χ0) is 12.3. The number of carbonyl (C=O) groups is 1. The van der Waals surface area contributed by atoms with Crippen LogP contribution >= 0.6 is 0 Å². The second-order valence-electron chi connectivity index (χ2n) is 4.51. The summed E-state index contributed by atoms with van der Waals surface area (Å²) in [5.74, 6) is 0.111. The first-order valence-corrected chi connectivity index (χ1v) is 5.53. The van der Waals surface area contributed by atoms with E-state index in [2.05, 4.69) is 0 Å². The second kappa shape index (κ2) is 5.12. The van der Waals surface area contributed by atoms with Crippen molar-refractivity contribution in [3.05, 3.63) is 29.8 Å². The fourth-order valence-corrected chi connectivity index (χ4v) is 1.47. The lowest BCUT2D eigenvalue weighted by Crippen LogP contribution is -2.45. The Morgan fingerprint density at radius 1 is 1.38 bits per heavy atom. The third-order valence-electron chi connectivity index (χ3n) is 2.72. The predicted octanol–water partition coefficient (Wildman–Crippen LogP) is 1.94. The molecule has 0 aliphatic carbocycles. The minimum atomic E-state index is -0.439. The van der Waals surface area contributed by atoms with E-state index in [-0.39, 0.29) is 11.8 Å². The highest BCUT2D eigenvalue weighted by molar-refractivity contribution is 5.96. The molecule has 0 saturated heterocycles. The number of anilines is 1. The van der Waals surface area contributed by atoms with Crippen LogP contribution in [0.3, 0.4) is 0 Å². The molecule has 0 aromatic heterocycles. The molecule has 0 saturated carbocycles. The van der Waals surface area contributed by atoms with Crippen molar-refractivity contribution in [3.8, 4) is 0 Å². The van der Waals surface area contributed by atoms with Crippen molar-refractivity contribution in [2.24, 2.45) is 11.7 Å². The Kier molecular flexibility index (Phi) is 4.07. The number of nitrogens with two attached hydrogens (primary N) is 1. The molecule has 0 unspecified atom stereocenters. The highest BCUT2D eigenvalue weighted by Gasteiger charge is 2.21. The lowest BCUT2D eigenvalue weighted by Gasteiger charge is -2.23. The standard InChI is InChI=1S/C13H20N2O/c1-9(2)12(14)13(16)15(4)11-7-5-6-10(3)8-11/h5-9,12H,14H2,1-4H3/t12-/m1/s1. The first-order valence-electron chi connectivity index (χ1n) is 5.53. The smallest absolute Gasteiger partial charge is 0.243 e. The minimum absolute atomic E-state index is 0.0411. The maximum absolute atomic E-state index is 12.0. The summed E-state index contributed by atoms with van der Waals surface area (Å²) in [4.78, 5) is 13.6. The molecule has 16 heavy (non-hydrogen) atoms. The van der Waals surface area contributed by atoms with Gasteiger partial charge in [-0.05, 0) is 30.5 Å². The Balaban J connectivity index is 2.86. The van der Waals surface area contributed by atoms with Gasteiger partial charge in [0.25, 0.3) is 0 Å². The van der Waals surface area contributed by atoms with Gasteiger partial charge in [-0.2, -0.15) is 0 Å². The van der Waals surface area contributed by atoms with Crippen LogP contribution in [0.25, 0.3) is 0 Å². The van der Waals surface area contributed by atoms with Gasteiger partial charge in [0, 0.05) is 12.7 Å². The van der Waals surface area contributed by atoms with Crippen molar-refractivity contribution in [2.75, 3.05) is 11.9 Å². The third kappa shape index (κ3) is 2.83. The Morgan fingerprint density at radius 3 is 2.50 bits per heavy atom. The molecular formula is C13H20N2O. The molecule has 88 valence electrons. The van der Waals surface area contributed by atoms with Crippen LogP contribution in [0, 0.1) is 12.8 Å². The molecule has 1 rings (SSSR count). The van der Waals surface area contributed by atoms with Crippen molar-refractivity contribution in [1.29, 1.82) is 0 Å². The number of hydrogen-bond acceptors (Lipinski definition) is 2. The molecular weight excluding hydrogens is 200 g/mol. The average molecular weight is 220 g/mol. The first kappa shape index (κ1) is 12.7. The van der Waals surface area contributed by atoms with Crippen LogP contribution in [0.2, 0.25) is 0 Å². The fourth-order valence-electron chi connectivity index (χ4n) is 1.47. The summed E-state index contributed by atoms with van der Waals surface area (Å²) < 4.78 is 0. The normalized spacial score (nSPS) is 12.6. The van der Waals surface area contributed by atoms with Crippen LogP contribution < -0.4 is 10.6 Å².